The Bertz CT molecular complexity index is 339. The molecular formula is C10H14N2O2. The minimum absolute atomic E-state index is 0.240. The maximum atomic E-state index is 10.6. The number of nitrogens with two attached hydrogens (primary N) is 2. The molecule has 1 aromatic rings. The van der Waals surface area contributed by atoms with E-state index in [9.17, 15) is 4.79 Å². The van der Waals surface area contributed by atoms with E-state index in [2.05, 4.69) is 0 Å². The second-order valence-corrected chi connectivity index (χ2v) is 3.32. The highest BCUT2D eigenvalue weighted by Gasteiger charge is 2.21. The lowest BCUT2D eigenvalue weighted by Gasteiger charge is -2.16. The second kappa shape index (κ2) is 4.11. The second-order valence-electron chi connectivity index (χ2n) is 3.32. The SMILES string of the molecule is C[C@@H](c1cccc(N)c1)[C@H](N)C(=O)O. The van der Waals surface area contributed by atoms with Crippen LogP contribution in [-0.2, 0) is 4.79 Å². The van der Waals surface area contributed by atoms with Crippen molar-refractivity contribution in [1.29, 1.82) is 0 Å². The maximum absolute atomic E-state index is 10.6. The van der Waals surface area contributed by atoms with Crippen LogP contribution in [0.1, 0.15) is 18.4 Å². The largest absolute Gasteiger partial charge is 0.480 e. The van der Waals surface area contributed by atoms with E-state index in [1.54, 1.807) is 25.1 Å². The monoisotopic (exact) mass is 194 g/mol. The molecule has 14 heavy (non-hydrogen) atoms. The van der Waals surface area contributed by atoms with Gasteiger partial charge in [-0.2, -0.15) is 0 Å². The van der Waals surface area contributed by atoms with Crippen molar-refractivity contribution in [2.45, 2.75) is 18.9 Å². The summed E-state index contributed by atoms with van der Waals surface area (Å²) in [5.41, 5.74) is 12.6. The average molecular weight is 194 g/mol. The van der Waals surface area contributed by atoms with E-state index in [1.807, 2.05) is 6.07 Å². The van der Waals surface area contributed by atoms with Crippen molar-refractivity contribution in [2.75, 3.05) is 5.73 Å². The van der Waals surface area contributed by atoms with Gasteiger partial charge >= 0.3 is 5.97 Å². The Labute approximate surface area is 82.5 Å². The minimum Gasteiger partial charge on any atom is -0.480 e. The predicted octanol–water partition coefficient (Wildman–Crippen LogP) is 0.784. The van der Waals surface area contributed by atoms with Crippen molar-refractivity contribution in [2.24, 2.45) is 5.73 Å². The van der Waals surface area contributed by atoms with Crippen LogP contribution >= 0.6 is 0 Å². The van der Waals surface area contributed by atoms with Gasteiger partial charge in [-0.15, -0.1) is 0 Å². The molecule has 1 rings (SSSR count). The van der Waals surface area contributed by atoms with Gasteiger partial charge in [0, 0.05) is 11.6 Å². The Hall–Kier alpha value is -1.55. The van der Waals surface area contributed by atoms with E-state index in [-0.39, 0.29) is 5.92 Å². The van der Waals surface area contributed by atoms with Gasteiger partial charge in [0.05, 0.1) is 0 Å². The first kappa shape index (κ1) is 10.5. The first-order valence-electron chi connectivity index (χ1n) is 4.36. The molecule has 0 aliphatic rings. The molecule has 0 radical (unpaired) electrons. The van der Waals surface area contributed by atoms with Crippen molar-refractivity contribution in [3.05, 3.63) is 29.8 Å². The number of nitrogen functional groups attached to an aromatic ring is 1. The molecule has 0 saturated heterocycles. The van der Waals surface area contributed by atoms with E-state index in [1.165, 1.54) is 0 Å². The topological polar surface area (TPSA) is 89.3 Å². The van der Waals surface area contributed by atoms with E-state index in [0.717, 1.165) is 5.56 Å². The van der Waals surface area contributed by atoms with E-state index in [4.69, 9.17) is 16.6 Å². The summed E-state index contributed by atoms with van der Waals surface area (Å²) in [7, 11) is 0. The maximum Gasteiger partial charge on any atom is 0.321 e. The van der Waals surface area contributed by atoms with Crippen molar-refractivity contribution < 1.29 is 9.90 Å². The molecular weight excluding hydrogens is 180 g/mol. The fourth-order valence-electron chi connectivity index (χ4n) is 1.26. The summed E-state index contributed by atoms with van der Waals surface area (Å²) >= 11 is 0. The van der Waals surface area contributed by atoms with Gasteiger partial charge < -0.3 is 16.6 Å². The van der Waals surface area contributed by atoms with Crippen LogP contribution in [-0.4, -0.2) is 17.1 Å². The van der Waals surface area contributed by atoms with Gasteiger partial charge in [0.25, 0.3) is 0 Å². The number of anilines is 1. The number of rotatable bonds is 3. The van der Waals surface area contributed by atoms with Gasteiger partial charge in [-0.3, -0.25) is 4.79 Å². The molecule has 0 amide bonds. The highest BCUT2D eigenvalue weighted by atomic mass is 16.4. The molecule has 0 unspecified atom stereocenters. The summed E-state index contributed by atoms with van der Waals surface area (Å²) in [6.07, 6.45) is 0. The zero-order chi connectivity index (χ0) is 10.7. The summed E-state index contributed by atoms with van der Waals surface area (Å²) in [4.78, 5) is 10.6. The highest BCUT2D eigenvalue weighted by Crippen LogP contribution is 2.20. The Kier molecular flexibility index (Phi) is 3.09. The van der Waals surface area contributed by atoms with Crippen LogP contribution in [0.3, 0.4) is 0 Å². The van der Waals surface area contributed by atoms with E-state index < -0.39 is 12.0 Å². The van der Waals surface area contributed by atoms with Crippen molar-refractivity contribution in [3.8, 4) is 0 Å². The van der Waals surface area contributed by atoms with Gasteiger partial charge in [0.1, 0.15) is 6.04 Å². The summed E-state index contributed by atoms with van der Waals surface area (Å²) < 4.78 is 0. The van der Waals surface area contributed by atoms with Gasteiger partial charge in [0.15, 0.2) is 0 Å². The Morgan fingerprint density at radius 2 is 2.14 bits per heavy atom. The molecule has 1 aromatic carbocycles. The quantitative estimate of drug-likeness (QED) is 0.620. The number of benzene rings is 1. The van der Waals surface area contributed by atoms with Crippen LogP contribution in [0.25, 0.3) is 0 Å². The van der Waals surface area contributed by atoms with Crippen molar-refractivity contribution in [1.82, 2.24) is 0 Å². The zero-order valence-corrected chi connectivity index (χ0v) is 7.97. The standard InChI is InChI=1S/C10H14N2O2/c1-6(9(12)10(13)14)7-3-2-4-8(11)5-7/h2-6,9H,11-12H2,1H3,(H,13,14)/t6-,9-/m0/s1. The lowest BCUT2D eigenvalue weighted by atomic mass is 9.94. The van der Waals surface area contributed by atoms with Crippen molar-refractivity contribution >= 4 is 11.7 Å². The third kappa shape index (κ3) is 2.23. The fourth-order valence-corrected chi connectivity index (χ4v) is 1.26. The van der Waals surface area contributed by atoms with Crippen LogP contribution in [0.5, 0.6) is 0 Å². The van der Waals surface area contributed by atoms with Crippen LogP contribution in [0, 0.1) is 0 Å². The first-order valence-corrected chi connectivity index (χ1v) is 4.36. The third-order valence-corrected chi connectivity index (χ3v) is 2.26. The minimum atomic E-state index is -1.00. The molecule has 0 aliphatic carbocycles. The predicted molar refractivity (Wildman–Crippen MR) is 54.9 cm³/mol. The summed E-state index contributed by atoms with van der Waals surface area (Å²) in [5, 5.41) is 8.73. The van der Waals surface area contributed by atoms with Crippen LogP contribution in [0.15, 0.2) is 24.3 Å². The van der Waals surface area contributed by atoms with Gasteiger partial charge in [0.2, 0.25) is 0 Å². The molecule has 0 heterocycles. The molecule has 76 valence electrons. The van der Waals surface area contributed by atoms with Gasteiger partial charge in [-0.25, -0.2) is 0 Å². The molecule has 0 bridgehead atoms. The van der Waals surface area contributed by atoms with Gasteiger partial charge in [-0.05, 0) is 17.7 Å². The van der Waals surface area contributed by atoms with Crippen molar-refractivity contribution in [3.63, 3.8) is 0 Å². The average Bonchev–Trinajstić information content (AvgIpc) is 2.15. The molecule has 0 fully saturated rings. The Morgan fingerprint density at radius 3 is 2.64 bits per heavy atom. The molecule has 4 heteroatoms. The molecule has 0 aliphatic heterocycles. The van der Waals surface area contributed by atoms with E-state index in [0.29, 0.717) is 5.69 Å². The number of hydrogen-bond acceptors (Lipinski definition) is 3. The lowest BCUT2D eigenvalue weighted by molar-refractivity contribution is -0.139. The van der Waals surface area contributed by atoms with Crippen LogP contribution in [0.2, 0.25) is 0 Å². The summed E-state index contributed by atoms with van der Waals surface area (Å²) in [6, 6.07) is 6.21. The van der Waals surface area contributed by atoms with Gasteiger partial charge in [-0.1, -0.05) is 19.1 Å². The normalized spacial score (nSPS) is 14.7. The Balaban J connectivity index is 2.89. The summed E-state index contributed by atoms with van der Waals surface area (Å²) in [6.45, 7) is 1.77. The first-order chi connectivity index (χ1) is 6.52. The Morgan fingerprint density at radius 1 is 1.50 bits per heavy atom. The molecule has 0 saturated carbocycles. The fraction of sp³-hybridized carbons (Fsp3) is 0.300. The smallest absolute Gasteiger partial charge is 0.321 e. The zero-order valence-electron chi connectivity index (χ0n) is 7.97. The number of hydrogen-bond donors (Lipinski definition) is 3. The molecule has 0 spiro atoms. The van der Waals surface area contributed by atoms with Crippen LogP contribution in [0.4, 0.5) is 5.69 Å². The molecule has 4 nitrogen and oxygen atoms in total. The number of aliphatic carboxylic acids is 1. The molecule has 2 atom stereocenters. The summed E-state index contributed by atoms with van der Waals surface area (Å²) in [5.74, 6) is -1.24. The molecule has 5 N–H and O–H groups in total. The number of carboxylic acids is 1. The highest BCUT2D eigenvalue weighted by molar-refractivity contribution is 5.74. The van der Waals surface area contributed by atoms with E-state index >= 15 is 0 Å². The number of carboxylic acid groups (broad SMARTS) is 1. The number of carbonyl (C=O) groups is 1. The molecule has 0 aromatic heterocycles. The third-order valence-electron chi connectivity index (χ3n) is 2.26. The lowest BCUT2D eigenvalue weighted by Crippen LogP contribution is -2.35. The van der Waals surface area contributed by atoms with Crippen LogP contribution < -0.4 is 11.5 Å².